The molecule has 1 atom stereocenters. The molecule has 0 radical (unpaired) electrons. The second-order valence-corrected chi connectivity index (χ2v) is 5.75. The Morgan fingerprint density at radius 1 is 1.25 bits per heavy atom. The highest BCUT2D eigenvalue weighted by Crippen LogP contribution is 2.43. The zero-order valence-electron chi connectivity index (χ0n) is 10.9. The van der Waals surface area contributed by atoms with Crippen molar-refractivity contribution in [1.82, 2.24) is 0 Å². The van der Waals surface area contributed by atoms with Gasteiger partial charge in [-0.1, -0.05) is 39.2 Å². The van der Waals surface area contributed by atoms with Crippen LogP contribution in [0.15, 0.2) is 9.15 Å². The van der Waals surface area contributed by atoms with E-state index in [1.54, 1.807) is 5.57 Å². The molecular formula is C14H25IO. The molecule has 1 saturated heterocycles. The quantitative estimate of drug-likeness (QED) is 0.603. The van der Waals surface area contributed by atoms with E-state index in [0.29, 0.717) is 0 Å². The van der Waals surface area contributed by atoms with E-state index in [4.69, 9.17) is 4.74 Å². The van der Waals surface area contributed by atoms with Crippen molar-refractivity contribution in [3.63, 3.8) is 0 Å². The first-order valence-corrected chi connectivity index (χ1v) is 7.80. The second-order valence-electron chi connectivity index (χ2n) is 4.67. The van der Waals surface area contributed by atoms with E-state index in [2.05, 4.69) is 43.4 Å². The number of unbranched alkanes of at least 4 members (excludes halogenated alkanes) is 1. The summed E-state index contributed by atoms with van der Waals surface area (Å²) in [6, 6.07) is 0. The molecule has 0 aliphatic carbocycles. The molecule has 0 bridgehead atoms. The Balaban J connectivity index is 2.87. The van der Waals surface area contributed by atoms with Gasteiger partial charge in [0.05, 0.1) is 5.60 Å². The fourth-order valence-electron chi connectivity index (χ4n) is 2.52. The average Bonchev–Trinajstić information content (AvgIpc) is 2.78. The first-order valence-electron chi connectivity index (χ1n) is 6.72. The van der Waals surface area contributed by atoms with Gasteiger partial charge < -0.3 is 4.74 Å². The van der Waals surface area contributed by atoms with Crippen molar-refractivity contribution in [2.45, 2.75) is 71.3 Å². The van der Waals surface area contributed by atoms with Gasteiger partial charge in [0.15, 0.2) is 0 Å². The van der Waals surface area contributed by atoms with Crippen LogP contribution in [-0.4, -0.2) is 12.2 Å². The Morgan fingerprint density at radius 3 is 2.38 bits per heavy atom. The summed E-state index contributed by atoms with van der Waals surface area (Å²) >= 11 is 2.55. The van der Waals surface area contributed by atoms with E-state index in [0.717, 1.165) is 6.61 Å². The molecule has 0 aromatic carbocycles. The summed E-state index contributed by atoms with van der Waals surface area (Å²) in [6.07, 6.45) is 8.57. The van der Waals surface area contributed by atoms with Crippen molar-refractivity contribution in [1.29, 1.82) is 0 Å². The Morgan fingerprint density at radius 2 is 1.94 bits per heavy atom. The molecule has 0 N–H and O–H groups in total. The Hall–Kier alpha value is 0.430. The maximum absolute atomic E-state index is 6.12. The summed E-state index contributed by atoms with van der Waals surface area (Å²) in [6.45, 7) is 7.75. The third kappa shape index (κ3) is 3.22. The minimum absolute atomic E-state index is 0.0952. The predicted molar refractivity (Wildman–Crippen MR) is 79.1 cm³/mol. The molecule has 0 saturated carbocycles. The highest BCUT2D eigenvalue weighted by atomic mass is 127. The topological polar surface area (TPSA) is 9.23 Å². The number of halogens is 1. The monoisotopic (exact) mass is 336 g/mol. The molecule has 94 valence electrons. The third-order valence-corrected chi connectivity index (χ3v) is 5.35. The summed E-state index contributed by atoms with van der Waals surface area (Å²) in [5.74, 6) is 0. The molecule has 1 aliphatic rings. The van der Waals surface area contributed by atoms with Gasteiger partial charge in [0.2, 0.25) is 0 Å². The van der Waals surface area contributed by atoms with Crippen LogP contribution in [-0.2, 0) is 4.74 Å². The smallest absolute Gasteiger partial charge is 0.0987 e. The average molecular weight is 336 g/mol. The van der Waals surface area contributed by atoms with Crippen molar-refractivity contribution in [2.75, 3.05) is 6.61 Å². The highest BCUT2D eigenvalue weighted by Gasteiger charge is 2.38. The van der Waals surface area contributed by atoms with Gasteiger partial charge in [0.1, 0.15) is 0 Å². The van der Waals surface area contributed by atoms with Crippen LogP contribution in [0.4, 0.5) is 0 Å². The molecule has 0 spiro atoms. The summed E-state index contributed by atoms with van der Waals surface area (Å²) < 4.78 is 7.64. The molecule has 1 unspecified atom stereocenters. The molecule has 1 aliphatic heterocycles. The maximum atomic E-state index is 6.12. The van der Waals surface area contributed by atoms with E-state index in [-0.39, 0.29) is 5.60 Å². The Bertz CT molecular complexity index is 233. The molecule has 1 nitrogen and oxygen atoms in total. The number of rotatable bonds is 6. The SMILES string of the molecule is CCCCC1(C(I)=C(CC)CC)CCCO1. The normalized spacial score (nSPS) is 24.8. The van der Waals surface area contributed by atoms with E-state index >= 15 is 0 Å². The van der Waals surface area contributed by atoms with Gasteiger partial charge >= 0.3 is 0 Å². The fourth-order valence-corrected chi connectivity index (χ4v) is 3.98. The molecule has 0 amide bonds. The lowest BCUT2D eigenvalue weighted by Gasteiger charge is -2.30. The largest absolute Gasteiger partial charge is 0.370 e. The standard InChI is InChI=1S/C14H25IO/c1-4-7-9-14(10-8-11-16-14)13(15)12(5-2)6-3/h4-11H2,1-3H3. The van der Waals surface area contributed by atoms with Crippen molar-refractivity contribution in [2.24, 2.45) is 0 Å². The van der Waals surface area contributed by atoms with Crippen LogP contribution in [0, 0.1) is 0 Å². The van der Waals surface area contributed by atoms with Gasteiger partial charge in [-0.25, -0.2) is 0 Å². The molecule has 1 fully saturated rings. The molecule has 2 heteroatoms. The van der Waals surface area contributed by atoms with Crippen LogP contribution in [0.25, 0.3) is 0 Å². The van der Waals surface area contributed by atoms with Gasteiger partial charge in [0, 0.05) is 10.2 Å². The lowest BCUT2D eigenvalue weighted by molar-refractivity contribution is 0.0341. The fraction of sp³-hybridized carbons (Fsp3) is 0.857. The van der Waals surface area contributed by atoms with Crippen LogP contribution in [0.1, 0.15) is 65.7 Å². The van der Waals surface area contributed by atoms with Gasteiger partial charge in [-0.2, -0.15) is 0 Å². The molecule has 16 heavy (non-hydrogen) atoms. The van der Waals surface area contributed by atoms with E-state index in [1.807, 2.05) is 0 Å². The van der Waals surface area contributed by atoms with E-state index in [9.17, 15) is 0 Å². The number of hydrogen-bond acceptors (Lipinski definition) is 1. The third-order valence-electron chi connectivity index (χ3n) is 3.60. The van der Waals surface area contributed by atoms with Crippen LogP contribution >= 0.6 is 22.6 Å². The van der Waals surface area contributed by atoms with Crippen molar-refractivity contribution >= 4 is 22.6 Å². The molecule has 0 aromatic rings. The summed E-state index contributed by atoms with van der Waals surface area (Å²) in [5, 5.41) is 0. The van der Waals surface area contributed by atoms with Crippen LogP contribution in [0.5, 0.6) is 0 Å². The molecular weight excluding hydrogens is 311 g/mol. The van der Waals surface area contributed by atoms with Gasteiger partial charge in [-0.05, 0) is 54.7 Å². The number of ether oxygens (including phenoxy) is 1. The zero-order chi connectivity index (χ0) is 12.0. The van der Waals surface area contributed by atoms with Crippen molar-refractivity contribution in [3.05, 3.63) is 9.15 Å². The first-order chi connectivity index (χ1) is 7.70. The Labute approximate surface area is 114 Å². The predicted octanol–water partition coefficient (Wildman–Crippen LogP) is 5.23. The lowest BCUT2D eigenvalue weighted by Crippen LogP contribution is -2.29. The minimum atomic E-state index is 0.0952. The first kappa shape index (κ1) is 14.5. The summed E-state index contributed by atoms with van der Waals surface area (Å²) in [5.41, 5.74) is 1.69. The summed E-state index contributed by atoms with van der Waals surface area (Å²) in [7, 11) is 0. The molecule has 0 aromatic heterocycles. The van der Waals surface area contributed by atoms with Gasteiger partial charge in [-0.15, -0.1) is 0 Å². The highest BCUT2D eigenvalue weighted by molar-refractivity contribution is 14.1. The maximum Gasteiger partial charge on any atom is 0.0987 e. The lowest BCUT2D eigenvalue weighted by atomic mass is 9.90. The Kier molecular flexibility index (Phi) is 6.34. The second kappa shape index (κ2) is 7.00. The van der Waals surface area contributed by atoms with E-state index < -0.39 is 0 Å². The minimum Gasteiger partial charge on any atom is -0.370 e. The van der Waals surface area contributed by atoms with Crippen molar-refractivity contribution < 1.29 is 4.74 Å². The number of allylic oxidation sites excluding steroid dienone is 1. The van der Waals surface area contributed by atoms with Gasteiger partial charge in [-0.3, -0.25) is 0 Å². The van der Waals surface area contributed by atoms with Crippen LogP contribution in [0.3, 0.4) is 0 Å². The van der Waals surface area contributed by atoms with Gasteiger partial charge in [0.25, 0.3) is 0 Å². The zero-order valence-corrected chi connectivity index (χ0v) is 13.1. The van der Waals surface area contributed by atoms with Crippen LogP contribution < -0.4 is 0 Å². The molecule has 1 heterocycles. The van der Waals surface area contributed by atoms with E-state index in [1.165, 1.54) is 48.5 Å². The summed E-state index contributed by atoms with van der Waals surface area (Å²) in [4.78, 5) is 0. The molecule has 1 rings (SSSR count). The van der Waals surface area contributed by atoms with Crippen molar-refractivity contribution in [3.8, 4) is 0 Å². The van der Waals surface area contributed by atoms with Crippen LogP contribution in [0.2, 0.25) is 0 Å². The number of hydrogen-bond donors (Lipinski definition) is 0.